The highest BCUT2D eigenvalue weighted by Gasteiger charge is 2.51. The Morgan fingerprint density at radius 2 is 1.76 bits per heavy atom. The molecular formula is C16H18N2O7. The number of aliphatic hydroxyl groups excluding tert-OH is 4. The third kappa shape index (κ3) is 3.15. The summed E-state index contributed by atoms with van der Waals surface area (Å²) < 4.78 is 5.26. The van der Waals surface area contributed by atoms with Crippen LogP contribution in [0.4, 0.5) is 4.79 Å². The molecule has 0 aliphatic carbocycles. The first-order chi connectivity index (χ1) is 11.9. The summed E-state index contributed by atoms with van der Waals surface area (Å²) in [6, 6.07) is 7.98. The molecule has 0 bridgehead atoms. The SMILES string of the molecule is O=C1N/C(=C\c2ccccc2)C(=O)N1[C@@H]1O[C@H](CO)[C@@H](O)[C@H](O)[C@H]1O. The molecular weight excluding hydrogens is 332 g/mol. The van der Waals surface area contributed by atoms with Gasteiger partial charge in [0.05, 0.1) is 6.61 Å². The zero-order valence-electron chi connectivity index (χ0n) is 13.0. The van der Waals surface area contributed by atoms with Gasteiger partial charge in [0, 0.05) is 0 Å². The number of carbonyl (C=O) groups is 2. The van der Waals surface area contributed by atoms with E-state index < -0.39 is 49.2 Å². The zero-order chi connectivity index (χ0) is 18.1. The smallest absolute Gasteiger partial charge is 0.331 e. The Kier molecular flexibility index (Phi) is 4.84. The first-order valence-corrected chi connectivity index (χ1v) is 7.66. The molecule has 3 rings (SSSR count). The molecule has 0 saturated carbocycles. The van der Waals surface area contributed by atoms with Crippen LogP contribution in [0.15, 0.2) is 36.0 Å². The minimum absolute atomic E-state index is 0.0202. The molecule has 25 heavy (non-hydrogen) atoms. The van der Waals surface area contributed by atoms with Crippen molar-refractivity contribution < 1.29 is 34.8 Å². The Hall–Kier alpha value is -2.30. The van der Waals surface area contributed by atoms with Gasteiger partial charge in [0.25, 0.3) is 5.91 Å². The normalized spacial score (nSPS) is 34.5. The van der Waals surface area contributed by atoms with E-state index in [9.17, 15) is 30.0 Å². The number of carbonyl (C=O) groups excluding carboxylic acids is 2. The van der Waals surface area contributed by atoms with Crippen LogP contribution in [0, 0.1) is 0 Å². The van der Waals surface area contributed by atoms with Crippen LogP contribution in [0.25, 0.3) is 6.08 Å². The van der Waals surface area contributed by atoms with E-state index in [0.717, 1.165) is 0 Å². The maximum Gasteiger partial charge on any atom is 0.331 e. The molecule has 3 amide bonds. The first-order valence-electron chi connectivity index (χ1n) is 7.66. The van der Waals surface area contributed by atoms with E-state index in [1.54, 1.807) is 30.3 Å². The molecule has 9 nitrogen and oxygen atoms in total. The fraction of sp³-hybridized carbons (Fsp3) is 0.375. The van der Waals surface area contributed by atoms with Crippen molar-refractivity contribution in [3.63, 3.8) is 0 Å². The topological polar surface area (TPSA) is 140 Å². The van der Waals surface area contributed by atoms with Crippen molar-refractivity contribution in [1.82, 2.24) is 10.2 Å². The zero-order valence-corrected chi connectivity index (χ0v) is 13.0. The van der Waals surface area contributed by atoms with Crippen LogP contribution in [-0.4, -0.2) is 74.5 Å². The number of urea groups is 1. The molecule has 0 spiro atoms. The standard InChI is InChI=1S/C16H18N2O7/c19-7-10-11(20)12(21)13(22)15(25-10)18-14(23)9(17-16(18)24)6-8-4-2-1-3-5-8/h1-6,10-13,15,19-22H,7H2,(H,17,24)/b9-6-/t10-,11-,12+,13-,15-/m1/s1. The third-order valence-corrected chi connectivity index (χ3v) is 4.14. The number of hydrogen-bond donors (Lipinski definition) is 5. The largest absolute Gasteiger partial charge is 0.394 e. The Morgan fingerprint density at radius 3 is 2.40 bits per heavy atom. The number of nitrogens with zero attached hydrogens (tertiary/aromatic N) is 1. The number of hydrogen-bond acceptors (Lipinski definition) is 7. The highest BCUT2D eigenvalue weighted by Crippen LogP contribution is 2.27. The van der Waals surface area contributed by atoms with Gasteiger partial charge in [-0.3, -0.25) is 4.79 Å². The Labute approximate surface area is 142 Å². The molecule has 2 heterocycles. The monoisotopic (exact) mass is 350 g/mol. The lowest BCUT2D eigenvalue weighted by molar-refractivity contribution is -0.253. The van der Waals surface area contributed by atoms with Gasteiger partial charge in [-0.1, -0.05) is 30.3 Å². The van der Waals surface area contributed by atoms with E-state index in [4.69, 9.17) is 4.74 Å². The number of ether oxygens (including phenoxy) is 1. The second-order valence-electron chi connectivity index (χ2n) is 5.79. The summed E-state index contributed by atoms with van der Waals surface area (Å²) in [4.78, 5) is 25.3. The number of rotatable bonds is 3. The molecule has 5 N–H and O–H groups in total. The average molecular weight is 350 g/mol. The van der Waals surface area contributed by atoms with Crippen molar-refractivity contribution in [3.8, 4) is 0 Å². The number of nitrogens with one attached hydrogen (secondary N) is 1. The predicted octanol–water partition coefficient (Wildman–Crippen LogP) is -1.62. The Bertz CT molecular complexity index is 691. The van der Waals surface area contributed by atoms with E-state index in [-0.39, 0.29) is 5.70 Å². The van der Waals surface area contributed by atoms with Crippen LogP contribution < -0.4 is 5.32 Å². The van der Waals surface area contributed by atoms with E-state index in [1.807, 2.05) is 0 Å². The summed E-state index contributed by atoms with van der Waals surface area (Å²) >= 11 is 0. The van der Waals surface area contributed by atoms with Gasteiger partial charge in [0.2, 0.25) is 0 Å². The molecule has 0 unspecified atom stereocenters. The second kappa shape index (κ2) is 6.90. The van der Waals surface area contributed by atoms with E-state index in [2.05, 4.69) is 5.32 Å². The maximum atomic E-state index is 12.5. The molecule has 2 aliphatic heterocycles. The predicted molar refractivity (Wildman–Crippen MR) is 83.6 cm³/mol. The van der Waals surface area contributed by atoms with Gasteiger partial charge in [0.1, 0.15) is 30.1 Å². The molecule has 2 aliphatic rings. The van der Waals surface area contributed by atoms with E-state index in [1.165, 1.54) is 6.08 Å². The molecule has 5 atom stereocenters. The quantitative estimate of drug-likeness (QED) is 0.326. The third-order valence-electron chi connectivity index (χ3n) is 4.14. The fourth-order valence-corrected chi connectivity index (χ4v) is 2.79. The van der Waals surface area contributed by atoms with Crippen LogP contribution in [0.1, 0.15) is 5.56 Å². The molecule has 134 valence electrons. The summed E-state index contributed by atoms with van der Waals surface area (Å²) in [5.41, 5.74) is 0.662. The molecule has 1 aromatic carbocycles. The van der Waals surface area contributed by atoms with Crippen molar-refractivity contribution in [1.29, 1.82) is 0 Å². The molecule has 1 aromatic rings. The second-order valence-corrected chi connectivity index (χ2v) is 5.79. The van der Waals surface area contributed by atoms with Gasteiger partial charge in [-0.25, -0.2) is 9.69 Å². The van der Waals surface area contributed by atoms with Crippen molar-refractivity contribution >= 4 is 18.0 Å². The van der Waals surface area contributed by atoms with Gasteiger partial charge in [-0.05, 0) is 11.6 Å². The van der Waals surface area contributed by atoms with Crippen molar-refractivity contribution in [3.05, 3.63) is 41.6 Å². The molecule has 2 fully saturated rings. The van der Waals surface area contributed by atoms with Crippen LogP contribution in [0.5, 0.6) is 0 Å². The Balaban J connectivity index is 1.86. The van der Waals surface area contributed by atoms with E-state index >= 15 is 0 Å². The van der Waals surface area contributed by atoms with Crippen molar-refractivity contribution in [2.75, 3.05) is 6.61 Å². The van der Waals surface area contributed by atoms with Gasteiger partial charge in [0.15, 0.2) is 6.23 Å². The first kappa shape index (κ1) is 17.5. The van der Waals surface area contributed by atoms with Crippen molar-refractivity contribution in [2.45, 2.75) is 30.6 Å². The van der Waals surface area contributed by atoms with Crippen LogP contribution in [0.2, 0.25) is 0 Å². The van der Waals surface area contributed by atoms with Crippen LogP contribution in [0.3, 0.4) is 0 Å². The van der Waals surface area contributed by atoms with Gasteiger partial charge in [-0.2, -0.15) is 0 Å². The van der Waals surface area contributed by atoms with Gasteiger partial charge >= 0.3 is 6.03 Å². The number of benzene rings is 1. The summed E-state index contributed by atoms with van der Waals surface area (Å²) in [5.74, 6) is -0.752. The van der Waals surface area contributed by atoms with Crippen LogP contribution >= 0.6 is 0 Å². The summed E-state index contributed by atoms with van der Waals surface area (Å²) in [7, 11) is 0. The minimum atomic E-state index is -1.72. The van der Waals surface area contributed by atoms with Gasteiger partial charge in [-0.15, -0.1) is 0 Å². The molecule has 0 aromatic heterocycles. The average Bonchev–Trinajstić information content (AvgIpc) is 2.88. The van der Waals surface area contributed by atoms with Crippen molar-refractivity contribution in [2.24, 2.45) is 0 Å². The fourth-order valence-electron chi connectivity index (χ4n) is 2.79. The molecule has 2 saturated heterocycles. The molecule has 0 radical (unpaired) electrons. The highest BCUT2D eigenvalue weighted by atomic mass is 16.6. The molecule has 9 heteroatoms. The summed E-state index contributed by atoms with van der Waals surface area (Å²) in [6.45, 7) is -0.655. The Morgan fingerprint density at radius 1 is 1.08 bits per heavy atom. The van der Waals surface area contributed by atoms with Crippen LogP contribution in [-0.2, 0) is 9.53 Å². The number of aliphatic hydroxyl groups is 4. The lowest BCUT2D eigenvalue weighted by Crippen LogP contribution is -2.64. The summed E-state index contributed by atoms with van der Waals surface area (Å²) in [5, 5.41) is 41.3. The maximum absolute atomic E-state index is 12.5. The van der Waals surface area contributed by atoms with Gasteiger partial charge < -0.3 is 30.5 Å². The lowest BCUT2D eigenvalue weighted by atomic mass is 9.98. The summed E-state index contributed by atoms with van der Waals surface area (Å²) in [6.07, 6.45) is -6.26. The minimum Gasteiger partial charge on any atom is -0.394 e. The lowest BCUT2D eigenvalue weighted by Gasteiger charge is -2.42. The highest BCUT2D eigenvalue weighted by molar-refractivity contribution is 6.14. The number of imide groups is 1. The number of amides is 3. The van der Waals surface area contributed by atoms with E-state index in [0.29, 0.717) is 10.5 Å².